The van der Waals surface area contributed by atoms with Crippen molar-refractivity contribution in [2.45, 2.75) is 19.4 Å². The van der Waals surface area contributed by atoms with Gasteiger partial charge in [-0.2, -0.15) is 0 Å². The molecule has 0 fully saturated rings. The third-order valence-corrected chi connectivity index (χ3v) is 4.77. The van der Waals surface area contributed by atoms with Crippen molar-refractivity contribution in [1.82, 2.24) is 10.3 Å². The van der Waals surface area contributed by atoms with Gasteiger partial charge in [0.15, 0.2) is 5.13 Å². The van der Waals surface area contributed by atoms with E-state index in [1.54, 1.807) is 5.38 Å². The number of thiazole rings is 1. The zero-order valence-corrected chi connectivity index (χ0v) is 15.5. The van der Waals surface area contributed by atoms with Crippen molar-refractivity contribution in [2.75, 3.05) is 5.32 Å². The van der Waals surface area contributed by atoms with Gasteiger partial charge >= 0.3 is 5.97 Å². The molecular weight excluding hydrogens is 362 g/mol. The SMILES string of the molecule is Cc1ccccc1[C@H](CC(=O)O)NC(=O)c1csc(Nc2ccccc2)n1. The largest absolute Gasteiger partial charge is 0.481 e. The zero-order valence-electron chi connectivity index (χ0n) is 14.7. The van der Waals surface area contributed by atoms with Gasteiger partial charge in [0.05, 0.1) is 12.5 Å². The van der Waals surface area contributed by atoms with Crippen LogP contribution in [0.1, 0.15) is 34.1 Å². The van der Waals surface area contributed by atoms with E-state index in [-0.39, 0.29) is 12.1 Å². The molecule has 6 nitrogen and oxygen atoms in total. The maximum absolute atomic E-state index is 12.6. The lowest BCUT2D eigenvalue weighted by atomic mass is 9.98. The number of nitrogens with zero attached hydrogens (tertiary/aromatic N) is 1. The minimum Gasteiger partial charge on any atom is -0.481 e. The van der Waals surface area contributed by atoms with Crippen molar-refractivity contribution >= 4 is 34.0 Å². The van der Waals surface area contributed by atoms with E-state index in [4.69, 9.17) is 0 Å². The maximum atomic E-state index is 12.6. The normalized spacial score (nSPS) is 11.6. The van der Waals surface area contributed by atoms with Crippen molar-refractivity contribution in [3.8, 4) is 0 Å². The Bertz CT molecular complexity index is 940. The number of rotatable bonds is 7. The van der Waals surface area contributed by atoms with Gasteiger partial charge in [0.1, 0.15) is 5.69 Å². The van der Waals surface area contributed by atoms with Gasteiger partial charge in [0.25, 0.3) is 5.91 Å². The number of carboxylic acids is 1. The van der Waals surface area contributed by atoms with E-state index in [0.29, 0.717) is 5.13 Å². The number of anilines is 2. The summed E-state index contributed by atoms with van der Waals surface area (Å²) in [6, 6.07) is 16.3. The predicted octanol–water partition coefficient (Wildman–Crippen LogP) is 4.14. The highest BCUT2D eigenvalue weighted by molar-refractivity contribution is 7.14. The molecular formula is C20H19N3O3S. The first-order valence-corrected chi connectivity index (χ1v) is 9.26. The molecule has 0 aliphatic rings. The number of carbonyl (C=O) groups excluding carboxylic acids is 1. The highest BCUT2D eigenvalue weighted by atomic mass is 32.1. The standard InChI is InChI=1S/C20H19N3O3S/c1-13-7-5-6-10-15(13)16(11-18(24)25)22-19(26)17-12-27-20(23-17)21-14-8-3-2-4-9-14/h2-10,12,16H,11H2,1H3,(H,21,23)(H,22,26)(H,24,25)/t16-/m0/s1. The van der Waals surface area contributed by atoms with Crippen molar-refractivity contribution in [3.63, 3.8) is 0 Å². The van der Waals surface area contributed by atoms with Crippen molar-refractivity contribution in [1.29, 1.82) is 0 Å². The molecule has 3 rings (SSSR count). The summed E-state index contributed by atoms with van der Waals surface area (Å²) in [5.74, 6) is -1.38. The number of hydrogen-bond acceptors (Lipinski definition) is 5. The average Bonchev–Trinajstić information content (AvgIpc) is 3.11. The first-order chi connectivity index (χ1) is 13.0. The van der Waals surface area contributed by atoms with Crippen LogP contribution in [0.4, 0.5) is 10.8 Å². The second-order valence-corrected chi connectivity index (χ2v) is 6.87. The van der Waals surface area contributed by atoms with Crippen LogP contribution in [-0.4, -0.2) is 22.0 Å². The van der Waals surface area contributed by atoms with Gasteiger partial charge in [0, 0.05) is 11.1 Å². The summed E-state index contributed by atoms with van der Waals surface area (Å²) in [5, 5.41) is 17.4. The van der Waals surface area contributed by atoms with E-state index in [1.807, 2.05) is 61.5 Å². The first kappa shape index (κ1) is 18.6. The van der Waals surface area contributed by atoms with E-state index >= 15 is 0 Å². The lowest BCUT2D eigenvalue weighted by Gasteiger charge is -2.18. The van der Waals surface area contributed by atoms with Gasteiger partial charge in [-0.05, 0) is 30.2 Å². The van der Waals surface area contributed by atoms with Gasteiger partial charge in [-0.25, -0.2) is 4.98 Å². The quantitative estimate of drug-likeness (QED) is 0.572. The van der Waals surface area contributed by atoms with Crippen LogP contribution in [0.15, 0.2) is 60.0 Å². The molecule has 0 spiro atoms. The minimum absolute atomic E-state index is 0.199. The molecule has 3 aromatic rings. The van der Waals surface area contributed by atoms with Gasteiger partial charge in [-0.1, -0.05) is 42.5 Å². The summed E-state index contributed by atoms with van der Waals surface area (Å²) in [4.78, 5) is 28.1. The second kappa shape index (κ2) is 8.46. The van der Waals surface area contributed by atoms with Crippen LogP contribution < -0.4 is 10.6 Å². The molecule has 0 unspecified atom stereocenters. The molecule has 2 aromatic carbocycles. The number of carbonyl (C=O) groups is 2. The zero-order chi connectivity index (χ0) is 19.2. The summed E-state index contributed by atoms with van der Waals surface area (Å²) in [7, 11) is 0. The van der Waals surface area contributed by atoms with E-state index in [9.17, 15) is 14.7 Å². The smallest absolute Gasteiger partial charge is 0.305 e. The number of aromatic nitrogens is 1. The van der Waals surface area contributed by atoms with Gasteiger partial charge in [-0.15, -0.1) is 11.3 Å². The second-order valence-electron chi connectivity index (χ2n) is 6.01. The molecule has 1 amide bonds. The highest BCUT2D eigenvalue weighted by Crippen LogP contribution is 2.23. The summed E-state index contributed by atoms with van der Waals surface area (Å²) in [5.41, 5.74) is 2.84. The van der Waals surface area contributed by atoms with Crippen molar-refractivity contribution < 1.29 is 14.7 Å². The highest BCUT2D eigenvalue weighted by Gasteiger charge is 2.21. The monoisotopic (exact) mass is 381 g/mol. The van der Waals surface area contributed by atoms with Crippen LogP contribution in [0.3, 0.4) is 0 Å². The Balaban J connectivity index is 1.74. The van der Waals surface area contributed by atoms with Gasteiger partial charge < -0.3 is 15.7 Å². The minimum atomic E-state index is -0.978. The molecule has 27 heavy (non-hydrogen) atoms. The molecule has 1 heterocycles. The van der Waals surface area contributed by atoms with Crippen LogP contribution >= 0.6 is 11.3 Å². The van der Waals surface area contributed by atoms with E-state index in [0.717, 1.165) is 16.8 Å². The maximum Gasteiger partial charge on any atom is 0.305 e. The molecule has 0 aliphatic carbocycles. The number of carboxylic acid groups (broad SMARTS) is 1. The number of benzene rings is 2. The van der Waals surface area contributed by atoms with Gasteiger partial charge in [-0.3, -0.25) is 9.59 Å². The third-order valence-electron chi connectivity index (χ3n) is 4.01. The Hall–Kier alpha value is -3.19. The third kappa shape index (κ3) is 4.92. The molecule has 0 saturated heterocycles. The molecule has 138 valence electrons. The van der Waals surface area contributed by atoms with Crippen LogP contribution in [0.5, 0.6) is 0 Å². The Kier molecular flexibility index (Phi) is 5.83. The number of hydrogen-bond donors (Lipinski definition) is 3. The fourth-order valence-electron chi connectivity index (χ4n) is 2.70. The molecule has 0 radical (unpaired) electrons. The van der Waals surface area contributed by atoms with E-state index in [2.05, 4.69) is 15.6 Å². The Labute approximate surface area is 160 Å². The summed E-state index contributed by atoms with van der Waals surface area (Å²) in [6.07, 6.45) is -0.199. The number of aliphatic carboxylic acids is 1. The molecule has 1 aromatic heterocycles. The lowest BCUT2D eigenvalue weighted by Crippen LogP contribution is -2.30. The number of aryl methyl sites for hydroxylation is 1. The topological polar surface area (TPSA) is 91.3 Å². The number of amides is 1. The first-order valence-electron chi connectivity index (χ1n) is 8.38. The Morgan fingerprint density at radius 1 is 1.11 bits per heavy atom. The van der Waals surface area contributed by atoms with Crippen LogP contribution in [-0.2, 0) is 4.79 Å². The Morgan fingerprint density at radius 2 is 1.81 bits per heavy atom. The number of nitrogens with one attached hydrogen (secondary N) is 2. The van der Waals surface area contributed by atoms with Crippen molar-refractivity contribution in [2.24, 2.45) is 0 Å². The molecule has 0 saturated carbocycles. The number of para-hydroxylation sites is 1. The molecule has 0 aliphatic heterocycles. The van der Waals surface area contributed by atoms with Gasteiger partial charge in [0.2, 0.25) is 0 Å². The summed E-state index contributed by atoms with van der Waals surface area (Å²) < 4.78 is 0. The fraction of sp³-hybridized carbons (Fsp3) is 0.150. The lowest BCUT2D eigenvalue weighted by molar-refractivity contribution is -0.137. The van der Waals surface area contributed by atoms with E-state index < -0.39 is 17.9 Å². The molecule has 1 atom stereocenters. The summed E-state index contributed by atoms with van der Waals surface area (Å²) in [6.45, 7) is 1.89. The molecule has 3 N–H and O–H groups in total. The molecule has 7 heteroatoms. The van der Waals surface area contributed by atoms with E-state index in [1.165, 1.54) is 11.3 Å². The average molecular weight is 381 g/mol. The summed E-state index contributed by atoms with van der Waals surface area (Å²) >= 11 is 1.31. The van der Waals surface area contributed by atoms with Crippen LogP contribution in [0.25, 0.3) is 0 Å². The molecule has 0 bridgehead atoms. The van der Waals surface area contributed by atoms with Crippen molar-refractivity contribution in [3.05, 3.63) is 76.8 Å². The van der Waals surface area contributed by atoms with Crippen LogP contribution in [0, 0.1) is 6.92 Å². The van der Waals surface area contributed by atoms with Crippen LogP contribution in [0.2, 0.25) is 0 Å². The predicted molar refractivity (Wildman–Crippen MR) is 105 cm³/mol. The fourth-order valence-corrected chi connectivity index (χ4v) is 3.41. The Morgan fingerprint density at radius 3 is 2.52 bits per heavy atom.